The topological polar surface area (TPSA) is 130 Å². The van der Waals surface area contributed by atoms with Gasteiger partial charge < -0.3 is 10.0 Å². The highest BCUT2D eigenvalue weighted by Gasteiger charge is 2.31. The highest BCUT2D eigenvalue weighted by atomic mass is 32.2. The van der Waals surface area contributed by atoms with Crippen LogP contribution in [-0.2, 0) is 10.0 Å². The molecule has 22 heavy (non-hydrogen) atoms. The summed E-state index contributed by atoms with van der Waals surface area (Å²) >= 11 is 0. The summed E-state index contributed by atoms with van der Waals surface area (Å²) in [6, 6.07) is 3.35. The van der Waals surface area contributed by atoms with Gasteiger partial charge in [0.05, 0.1) is 11.0 Å². The van der Waals surface area contributed by atoms with Crippen LogP contribution in [0.3, 0.4) is 0 Å². The van der Waals surface area contributed by atoms with Crippen LogP contribution < -0.4 is 4.72 Å². The van der Waals surface area contributed by atoms with E-state index in [2.05, 4.69) is 4.72 Å². The predicted octanol–water partition coefficient (Wildman–Crippen LogP) is -0.0443. The average molecular weight is 331 g/mol. The number of nitro groups is 1. The van der Waals surface area contributed by atoms with E-state index in [4.69, 9.17) is 5.11 Å². The normalized spacial score (nSPS) is 12.7. The quantitative estimate of drug-likeness (QED) is 0.555. The molecule has 0 spiro atoms. The van der Waals surface area contributed by atoms with E-state index in [0.29, 0.717) is 0 Å². The fourth-order valence-electron chi connectivity index (χ4n) is 1.64. The molecular formula is C12H17N3O6S. The Hall–Kier alpha value is -2.04. The van der Waals surface area contributed by atoms with Gasteiger partial charge in [0.25, 0.3) is 11.6 Å². The van der Waals surface area contributed by atoms with Crippen molar-refractivity contribution < 1.29 is 23.2 Å². The molecule has 0 fully saturated rings. The van der Waals surface area contributed by atoms with Gasteiger partial charge in [-0.15, -0.1) is 0 Å². The molecule has 0 aliphatic rings. The van der Waals surface area contributed by atoms with Crippen molar-refractivity contribution in [3.8, 4) is 0 Å². The van der Waals surface area contributed by atoms with E-state index in [9.17, 15) is 23.3 Å². The van der Waals surface area contributed by atoms with Crippen LogP contribution in [-0.4, -0.2) is 56.0 Å². The molecule has 0 aliphatic carbocycles. The third kappa shape index (κ3) is 4.00. The maximum atomic E-state index is 12.2. The molecule has 1 atom stereocenters. The zero-order chi connectivity index (χ0) is 17.1. The van der Waals surface area contributed by atoms with Crippen LogP contribution in [0.2, 0.25) is 0 Å². The number of nitro benzene ring substituents is 1. The molecule has 1 rings (SSSR count). The number of aliphatic hydroxyl groups is 1. The highest BCUT2D eigenvalue weighted by molar-refractivity contribution is 7.89. The van der Waals surface area contributed by atoms with Crippen LogP contribution in [0, 0.1) is 10.1 Å². The van der Waals surface area contributed by atoms with Gasteiger partial charge in [-0.2, -0.15) is 0 Å². The maximum absolute atomic E-state index is 12.2. The van der Waals surface area contributed by atoms with Crippen LogP contribution >= 0.6 is 0 Å². The molecule has 0 radical (unpaired) electrons. The van der Waals surface area contributed by atoms with Crippen molar-refractivity contribution in [1.82, 2.24) is 9.62 Å². The summed E-state index contributed by atoms with van der Waals surface area (Å²) < 4.78 is 26.6. The van der Waals surface area contributed by atoms with E-state index in [0.717, 1.165) is 17.0 Å². The van der Waals surface area contributed by atoms with Crippen molar-refractivity contribution in [2.24, 2.45) is 0 Å². The van der Waals surface area contributed by atoms with Crippen LogP contribution in [0.4, 0.5) is 5.69 Å². The van der Waals surface area contributed by atoms with Crippen molar-refractivity contribution in [2.45, 2.75) is 17.9 Å². The number of nitrogens with one attached hydrogen (secondary N) is 1. The number of benzene rings is 1. The summed E-state index contributed by atoms with van der Waals surface area (Å²) in [5.74, 6) is -0.801. The minimum absolute atomic E-state index is 0.277. The van der Waals surface area contributed by atoms with Crippen molar-refractivity contribution in [1.29, 1.82) is 0 Å². The van der Waals surface area contributed by atoms with E-state index in [1.807, 2.05) is 0 Å². The molecule has 1 aromatic carbocycles. The van der Waals surface area contributed by atoms with Gasteiger partial charge in [0.15, 0.2) is 0 Å². The summed E-state index contributed by atoms with van der Waals surface area (Å²) in [6.45, 7) is 1.10. The molecule has 9 nitrogen and oxygen atoms in total. The lowest BCUT2D eigenvalue weighted by molar-refractivity contribution is -0.385. The van der Waals surface area contributed by atoms with Gasteiger partial charge in [0.2, 0.25) is 10.0 Å². The zero-order valence-electron chi connectivity index (χ0n) is 12.3. The van der Waals surface area contributed by atoms with Gasteiger partial charge in [-0.25, -0.2) is 13.1 Å². The third-order valence-electron chi connectivity index (χ3n) is 2.68. The Bertz CT molecular complexity index is 684. The Balaban J connectivity index is 3.51. The first-order valence-electron chi connectivity index (χ1n) is 6.24. The first-order valence-corrected chi connectivity index (χ1v) is 7.73. The number of nitrogens with zero attached hydrogens (tertiary/aromatic N) is 2. The Morgan fingerprint density at radius 3 is 2.50 bits per heavy atom. The molecule has 0 aliphatic heterocycles. The maximum Gasteiger partial charge on any atom is 0.283 e. The lowest BCUT2D eigenvalue weighted by Crippen LogP contribution is -2.33. The Morgan fingerprint density at radius 1 is 1.45 bits per heavy atom. The van der Waals surface area contributed by atoms with Gasteiger partial charge in [0, 0.05) is 26.7 Å². The molecular weight excluding hydrogens is 314 g/mol. The number of sulfonamides is 1. The van der Waals surface area contributed by atoms with Gasteiger partial charge in [-0.1, -0.05) is 6.07 Å². The molecule has 0 saturated heterocycles. The van der Waals surface area contributed by atoms with Gasteiger partial charge in [-0.05, 0) is 13.0 Å². The fourth-order valence-corrected chi connectivity index (χ4v) is 2.98. The second-order valence-electron chi connectivity index (χ2n) is 4.81. The third-order valence-corrected chi connectivity index (χ3v) is 4.15. The van der Waals surface area contributed by atoms with Crippen LogP contribution in [0.15, 0.2) is 23.1 Å². The van der Waals surface area contributed by atoms with Crippen molar-refractivity contribution in [3.05, 3.63) is 33.9 Å². The fraction of sp³-hybridized carbons (Fsp3) is 0.417. The van der Waals surface area contributed by atoms with E-state index in [-0.39, 0.29) is 6.54 Å². The smallest absolute Gasteiger partial charge is 0.283 e. The van der Waals surface area contributed by atoms with E-state index in [1.54, 1.807) is 0 Å². The number of rotatable bonds is 6. The highest BCUT2D eigenvalue weighted by Crippen LogP contribution is 2.26. The molecule has 0 heterocycles. The molecule has 10 heteroatoms. The van der Waals surface area contributed by atoms with Gasteiger partial charge in [-0.3, -0.25) is 14.9 Å². The Labute approximate surface area is 127 Å². The minimum Gasteiger partial charge on any atom is -0.392 e. The number of aliphatic hydroxyl groups excluding tert-OH is 1. The lowest BCUT2D eigenvalue weighted by atomic mass is 10.1. The van der Waals surface area contributed by atoms with Crippen LogP contribution in [0.25, 0.3) is 0 Å². The molecule has 1 unspecified atom stereocenters. The summed E-state index contributed by atoms with van der Waals surface area (Å²) in [6.07, 6.45) is -0.943. The summed E-state index contributed by atoms with van der Waals surface area (Å²) in [5.41, 5.74) is -1.12. The molecule has 0 bridgehead atoms. The summed E-state index contributed by atoms with van der Waals surface area (Å²) in [4.78, 5) is 23.0. The molecule has 1 amide bonds. The van der Waals surface area contributed by atoms with Gasteiger partial charge >= 0.3 is 0 Å². The van der Waals surface area contributed by atoms with Crippen LogP contribution in [0.5, 0.6) is 0 Å². The summed E-state index contributed by atoms with van der Waals surface area (Å²) in [7, 11) is -1.46. The van der Waals surface area contributed by atoms with Crippen molar-refractivity contribution in [2.75, 3.05) is 20.6 Å². The molecule has 122 valence electrons. The standard InChI is InChI=1S/C12H17N3O6S/c1-8(16)7-13-22(20,21)10-6-4-5-9(15(18)19)11(10)12(17)14(2)3/h4-6,8,13,16H,7H2,1-3H3. The second-order valence-corrected chi connectivity index (χ2v) is 6.54. The molecule has 0 aromatic heterocycles. The van der Waals surface area contributed by atoms with E-state index < -0.39 is 43.1 Å². The number of hydrogen-bond acceptors (Lipinski definition) is 6. The first-order chi connectivity index (χ1) is 10.1. The van der Waals surface area contributed by atoms with Crippen LogP contribution in [0.1, 0.15) is 17.3 Å². The number of carbonyl (C=O) groups excluding carboxylic acids is 1. The second kappa shape index (κ2) is 6.81. The zero-order valence-corrected chi connectivity index (χ0v) is 13.1. The van der Waals surface area contributed by atoms with Crippen molar-refractivity contribution >= 4 is 21.6 Å². The monoisotopic (exact) mass is 331 g/mol. The Morgan fingerprint density at radius 2 is 2.05 bits per heavy atom. The lowest BCUT2D eigenvalue weighted by Gasteiger charge is -2.15. The number of carbonyl (C=O) groups is 1. The SMILES string of the molecule is CC(O)CNS(=O)(=O)c1cccc([N+](=O)[O-])c1C(=O)N(C)C. The van der Waals surface area contributed by atoms with E-state index >= 15 is 0 Å². The Kier molecular flexibility index (Phi) is 5.58. The van der Waals surface area contributed by atoms with Gasteiger partial charge in [0.1, 0.15) is 10.5 Å². The largest absolute Gasteiger partial charge is 0.392 e. The predicted molar refractivity (Wildman–Crippen MR) is 78.0 cm³/mol. The van der Waals surface area contributed by atoms with E-state index in [1.165, 1.54) is 27.1 Å². The van der Waals surface area contributed by atoms with Crippen molar-refractivity contribution in [3.63, 3.8) is 0 Å². The average Bonchev–Trinajstić information content (AvgIpc) is 2.43. The molecule has 0 saturated carbocycles. The first kappa shape index (κ1) is 18.0. The molecule has 1 aromatic rings. The molecule has 2 N–H and O–H groups in total. The number of amides is 1. The minimum atomic E-state index is -4.18. The summed E-state index contributed by atoms with van der Waals surface area (Å²) in [5, 5.41) is 20.2. The number of hydrogen-bond donors (Lipinski definition) is 2.